The standard InChI is InChI=1S/C25H26N4O2.C2HF3O2/c30-23(17-19-7-2-1-3-8-19)28-21-18-25(31-22-10-5-4-9-20(21)22)11-15-29(16-12-25)24-26-13-6-14-27-24;3-2(4,5)1(6)7/h1-10,13-14,21H,11-12,15-18H2,(H,28,30);(H,6,7). The highest BCUT2D eigenvalue weighted by molar-refractivity contribution is 5.79. The molecule has 0 aliphatic carbocycles. The number of piperidine rings is 1. The van der Waals surface area contributed by atoms with Crippen molar-refractivity contribution in [3.8, 4) is 5.75 Å². The molecule has 2 aliphatic heterocycles. The molecule has 1 saturated heterocycles. The Kier molecular flexibility index (Phi) is 8.13. The maximum Gasteiger partial charge on any atom is 0.490 e. The first-order valence-corrected chi connectivity index (χ1v) is 12.1. The van der Waals surface area contributed by atoms with Gasteiger partial charge in [0.2, 0.25) is 11.9 Å². The molecule has 1 unspecified atom stereocenters. The lowest BCUT2D eigenvalue weighted by Crippen LogP contribution is -2.52. The van der Waals surface area contributed by atoms with E-state index in [4.69, 9.17) is 14.6 Å². The number of aliphatic carboxylic acids is 1. The third-order valence-electron chi connectivity index (χ3n) is 6.49. The highest BCUT2D eigenvalue weighted by Crippen LogP contribution is 2.44. The summed E-state index contributed by atoms with van der Waals surface area (Å²) in [6.45, 7) is 1.66. The summed E-state index contributed by atoms with van der Waals surface area (Å²) in [5.74, 6) is -1.07. The molecule has 1 atom stereocenters. The summed E-state index contributed by atoms with van der Waals surface area (Å²) in [5, 5.41) is 10.4. The first kappa shape index (κ1) is 26.9. The van der Waals surface area contributed by atoms with Gasteiger partial charge in [-0.2, -0.15) is 13.2 Å². The van der Waals surface area contributed by atoms with Crippen LogP contribution >= 0.6 is 0 Å². The van der Waals surface area contributed by atoms with Crippen LogP contribution in [0.2, 0.25) is 0 Å². The second-order valence-electron chi connectivity index (χ2n) is 9.15. The quantitative estimate of drug-likeness (QED) is 0.519. The molecule has 11 heteroatoms. The summed E-state index contributed by atoms with van der Waals surface area (Å²) >= 11 is 0. The molecule has 1 aromatic heterocycles. The van der Waals surface area contributed by atoms with Crippen LogP contribution in [-0.4, -0.2) is 51.8 Å². The minimum atomic E-state index is -5.08. The van der Waals surface area contributed by atoms with Gasteiger partial charge in [-0.05, 0) is 17.7 Å². The number of carbonyl (C=O) groups is 2. The summed E-state index contributed by atoms with van der Waals surface area (Å²) in [5.41, 5.74) is 1.79. The van der Waals surface area contributed by atoms with E-state index in [1.54, 1.807) is 12.4 Å². The number of nitrogens with zero attached hydrogens (tertiary/aromatic N) is 3. The first-order valence-electron chi connectivity index (χ1n) is 12.1. The van der Waals surface area contributed by atoms with E-state index in [0.29, 0.717) is 6.42 Å². The van der Waals surface area contributed by atoms with Crippen LogP contribution in [0.3, 0.4) is 0 Å². The fourth-order valence-corrected chi connectivity index (χ4v) is 4.65. The molecule has 2 aliphatic rings. The van der Waals surface area contributed by atoms with Gasteiger partial charge in [0.1, 0.15) is 11.4 Å². The zero-order valence-corrected chi connectivity index (χ0v) is 20.4. The molecule has 200 valence electrons. The number of rotatable bonds is 4. The highest BCUT2D eigenvalue weighted by Gasteiger charge is 2.44. The Bertz CT molecular complexity index is 1230. The van der Waals surface area contributed by atoms with Crippen LogP contribution < -0.4 is 15.0 Å². The van der Waals surface area contributed by atoms with Gasteiger partial charge < -0.3 is 20.1 Å². The number of carboxylic acids is 1. The van der Waals surface area contributed by atoms with Crippen molar-refractivity contribution in [2.75, 3.05) is 18.0 Å². The van der Waals surface area contributed by atoms with Gasteiger partial charge in [0.15, 0.2) is 0 Å². The molecule has 5 rings (SSSR count). The van der Waals surface area contributed by atoms with Crippen molar-refractivity contribution in [1.82, 2.24) is 15.3 Å². The number of halogens is 3. The van der Waals surface area contributed by atoms with E-state index in [1.807, 2.05) is 54.6 Å². The van der Waals surface area contributed by atoms with Crippen LogP contribution in [0.4, 0.5) is 19.1 Å². The zero-order valence-electron chi connectivity index (χ0n) is 20.4. The second-order valence-corrected chi connectivity index (χ2v) is 9.15. The number of fused-ring (bicyclic) bond motifs is 1. The Labute approximate surface area is 217 Å². The minimum absolute atomic E-state index is 0.0400. The molecule has 3 aromatic rings. The molecule has 0 saturated carbocycles. The second kappa shape index (κ2) is 11.5. The predicted molar refractivity (Wildman–Crippen MR) is 133 cm³/mol. The maximum atomic E-state index is 12.8. The molecule has 0 bridgehead atoms. The monoisotopic (exact) mass is 528 g/mol. The lowest BCUT2D eigenvalue weighted by Gasteiger charge is -2.47. The van der Waals surface area contributed by atoms with Crippen molar-refractivity contribution < 1.29 is 32.6 Å². The van der Waals surface area contributed by atoms with Gasteiger partial charge in [-0.25, -0.2) is 14.8 Å². The van der Waals surface area contributed by atoms with E-state index in [1.165, 1.54) is 0 Å². The van der Waals surface area contributed by atoms with Crippen LogP contribution in [0, 0.1) is 0 Å². The Balaban J connectivity index is 0.000000426. The van der Waals surface area contributed by atoms with E-state index in [0.717, 1.165) is 55.2 Å². The molecule has 3 heterocycles. The lowest BCUT2D eigenvalue weighted by molar-refractivity contribution is -0.192. The number of benzene rings is 2. The van der Waals surface area contributed by atoms with Gasteiger partial charge in [0.05, 0.1) is 12.5 Å². The van der Waals surface area contributed by atoms with Crippen molar-refractivity contribution >= 4 is 17.8 Å². The topological polar surface area (TPSA) is 105 Å². The van der Waals surface area contributed by atoms with Crippen molar-refractivity contribution in [2.24, 2.45) is 0 Å². The van der Waals surface area contributed by atoms with E-state index in [2.05, 4.69) is 26.3 Å². The summed E-state index contributed by atoms with van der Waals surface area (Å²) in [4.78, 5) is 32.7. The van der Waals surface area contributed by atoms with E-state index in [9.17, 15) is 18.0 Å². The summed E-state index contributed by atoms with van der Waals surface area (Å²) in [6, 6.07) is 19.7. The number of anilines is 1. The molecule has 1 amide bonds. The first-order chi connectivity index (χ1) is 18.2. The number of carbonyl (C=O) groups excluding carboxylic acids is 1. The highest BCUT2D eigenvalue weighted by atomic mass is 19.4. The molecule has 2 N–H and O–H groups in total. The van der Waals surface area contributed by atoms with Crippen LogP contribution in [0.5, 0.6) is 5.75 Å². The number of hydrogen-bond donors (Lipinski definition) is 2. The van der Waals surface area contributed by atoms with Crippen LogP contribution in [0.25, 0.3) is 0 Å². The number of carboxylic acid groups (broad SMARTS) is 1. The van der Waals surface area contributed by atoms with Gasteiger partial charge in [-0.1, -0.05) is 48.5 Å². The van der Waals surface area contributed by atoms with Gasteiger partial charge in [-0.3, -0.25) is 4.79 Å². The lowest BCUT2D eigenvalue weighted by atomic mass is 9.80. The largest absolute Gasteiger partial charge is 0.490 e. The Hall–Kier alpha value is -4.15. The van der Waals surface area contributed by atoms with Gasteiger partial charge >= 0.3 is 12.1 Å². The van der Waals surface area contributed by atoms with Crippen LogP contribution in [0.15, 0.2) is 73.1 Å². The van der Waals surface area contributed by atoms with E-state index in [-0.39, 0.29) is 17.6 Å². The smallest absolute Gasteiger partial charge is 0.487 e. The van der Waals surface area contributed by atoms with Crippen molar-refractivity contribution in [3.63, 3.8) is 0 Å². The SMILES string of the molecule is O=C(Cc1ccccc1)NC1CC2(CCN(c3ncccn3)CC2)Oc2ccccc21.O=C(O)C(F)(F)F. The molecule has 8 nitrogen and oxygen atoms in total. The van der Waals surface area contributed by atoms with Gasteiger partial charge in [0, 0.05) is 50.3 Å². The summed E-state index contributed by atoms with van der Waals surface area (Å²) in [7, 11) is 0. The van der Waals surface area contributed by atoms with Crippen LogP contribution in [-0.2, 0) is 16.0 Å². The molecule has 2 aromatic carbocycles. The van der Waals surface area contributed by atoms with E-state index < -0.39 is 12.1 Å². The molecule has 0 radical (unpaired) electrons. The fraction of sp³-hybridized carbons (Fsp3) is 0.333. The Morgan fingerprint density at radius 1 is 1.00 bits per heavy atom. The number of hydrogen-bond acceptors (Lipinski definition) is 6. The Morgan fingerprint density at radius 3 is 2.24 bits per heavy atom. The third-order valence-corrected chi connectivity index (χ3v) is 6.49. The van der Waals surface area contributed by atoms with Crippen molar-refractivity contribution in [2.45, 2.75) is 43.5 Å². The minimum Gasteiger partial charge on any atom is -0.487 e. The molecule has 1 spiro atoms. The summed E-state index contributed by atoms with van der Waals surface area (Å²) in [6.07, 6.45) is 1.35. The van der Waals surface area contributed by atoms with Gasteiger partial charge in [-0.15, -0.1) is 0 Å². The van der Waals surface area contributed by atoms with E-state index >= 15 is 0 Å². The number of amides is 1. The number of nitrogens with one attached hydrogen (secondary N) is 1. The van der Waals surface area contributed by atoms with Gasteiger partial charge in [0.25, 0.3) is 0 Å². The molecular formula is C27H27F3N4O4. The number of ether oxygens (including phenoxy) is 1. The van der Waals surface area contributed by atoms with Crippen molar-refractivity contribution in [3.05, 3.63) is 84.2 Å². The molecule has 38 heavy (non-hydrogen) atoms. The Morgan fingerprint density at radius 2 is 1.61 bits per heavy atom. The average molecular weight is 529 g/mol. The van der Waals surface area contributed by atoms with Crippen LogP contribution in [0.1, 0.15) is 36.4 Å². The predicted octanol–water partition coefficient (Wildman–Crippen LogP) is 4.33. The molecule has 1 fully saturated rings. The fourth-order valence-electron chi connectivity index (χ4n) is 4.65. The third kappa shape index (κ3) is 6.78. The van der Waals surface area contributed by atoms with Crippen molar-refractivity contribution in [1.29, 1.82) is 0 Å². The summed E-state index contributed by atoms with van der Waals surface area (Å²) < 4.78 is 38.3. The zero-order chi connectivity index (χ0) is 27.2. The maximum absolute atomic E-state index is 12.8. The number of aromatic nitrogens is 2. The normalized spacial score (nSPS) is 17.9. The molecular weight excluding hydrogens is 501 g/mol. The average Bonchev–Trinajstić information content (AvgIpc) is 2.90. The number of para-hydroxylation sites is 1. The number of alkyl halides is 3.